The van der Waals surface area contributed by atoms with Gasteiger partial charge in [-0.3, -0.25) is 9.59 Å². The van der Waals surface area contributed by atoms with Crippen molar-refractivity contribution in [1.29, 1.82) is 0 Å². The van der Waals surface area contributed by atoms with Gasteiger partial charge < -0.3 is 10.0 Å². The molecule has 21 heavy (non-hydrogen) atoms. The monoisotopic (exact) mass is 289 g/mol. The summed E-state index contributed by atoms with van der Waals surface area (Å²) in [4.78, 5) is 24.4. The first-order valence-electron chi connectivity index (χ1n) is 7.23. The number of benzene rings is 1. The van der Waals surface area contributed by atoms with E-state index in [9.17, 15) is 9.59 Å². The zero-order chi connectivity index (χ0) is 15.7. The maximum atomic E-state index is 12.1. The van der Waals surface area contributed by atoms with Gasteiger partial charge in [-0.25, -0.2) is 0 Å². The molecule has 4 heteroatoms. The van der Waals surface area contributed by atoms with Crippen molar-refractivity contribution >= 4 is 18.0 Å². The molecule has 0 unspecified atom stereocenters. The van der Waals surface area contributed by atoms with E-state index in [1.807, 2.05) is 56.3 Å². The summed E-state index contributed by atoms with van der Waals surface area (Å²) >= 11 is 0. The third-order valence-electron chi connectivity index (χ3n) is 3.15. The van der Waals surface area contributed by atoms with Gasteiger partial charge in [0.2, 0.25) is 5.91 Å². The maximum Gasteiger partial charge on any atom is 0.305 e. The highest BCUT2D eigenvalue weighted by Gasteiger charge is 2.16. The number of rotatable bonds is 8. The molecule has 0 aliphatic carbocycles. The first-order valence-corrected chi connectivity index (χ1v) is 7.23. The molecule has 1 N–H and O–H groups in total. The maximum absolute atomic E-state index is 12.1. The summed E-state index contributed by atoms with van der Waals surface area (Å²) < 4.78 is 0. The highest BCUT2D eigenvalue weighted by molar-refractivity contribution is 5.77. The van der Waals surface area contributed by atoms with Gasteiger partial charge >= 0.3 is 5.97 Å². The fraction of sp³-hybridized carbons (Fsp3) is 0.412. The lowest BCUT2D eigenvalue weighted by atomic mass is 10.1. The summed E-state index contributed by atoms with van der Waals surface area (Å²) in [5.41, 5.74) is 1.11. The number of hydrogen-bond donors (Lipinski definition) is 1. The summed E-state index contributed by atoms with van der Waals surface area (Å²) in [6, 6.07) is 9.94. The lowest BCUT2D eigenvalue weighted by molar-refractivity contribution is -0.139. The summed E-state index contributed by atoms with van der Waals surface area (Å²) in [5, 5.41) is 8.72. The van der Waals surface area contributed by atoms with Crippen LogP contribution in [-0.4, -0.2) is 34.5 Å². The van der Waals surface area contributed by atoms with Crippen LogP contribution in [0, 0.1) is 0 Å². The zero-order valence-electron chi connectivity index (χ0n) is 12.7. The van der Waals surface area contributed by atoms with E-state index < -0.39 is 5.97 Å². The minimum atomic E-state index is -0.877. The normalized spacial score (nSPS) is 11.0. The van der Waals surface area contributed by atoms with Crippen LogP contribution in [0.25, 0.3) is 6.08 Å². The predicted molar refractivity (Wildman–Crippen MR) is 83.8 cm³/mol. The van der Waals surface area contributed by atoms with Gasteiger partial charge in [-0.15, -0.1) is 0 Å². The van der Waals surface area contributed by atoms with Crippen molar-refractivity contribution in [3.05, 3.63) is 42.0 Å². The van der Waals surface area contributed by atoms with E-state index in [2.05, 4.69) is 0 Å². The molecular weight excluding hydrogens is 266 g/mol. The quantitative estimate of drug-likeness (QED) is 0.799. The SMILES string of the molecule is CC(C)N(CCC(=O)O)C(=O)CC/C=C/c1ccccc1. The summed E-state index contributed by atoms with van der Waals surface area (Å²) in [5.74, 6) is -0.874. The van der Waals surface area contributed by atoms with Crippen molar-refractivity contribution in [1.82, 2.24) is 4.90 Å². The highest BCUT2D eigenvalue weighted by atomic mass is 16.4. The molecular formula is C17H23NO3. The zero-order valence-corrected chi connectivity index (χ0v) is 12.7. The first-order chi connectivity index (χ1) is 10.0. The molecule has 1 rings (SSSR count). The largest absolute Gasteiger partial charge is 0.481 e. The van der Waals surface area contributed by atoms with Crippen molar-refractivity contribution in [3.8, 4) is 0 Å². The van der Waals surface area contributed by atoms with E-state index >= 15 is 0 Å². The second-order valence-electron chi connectivity index (χ2n) is 5.18. The van der Waals surface area contributed by atoms with Crippen molar-refractivity contribution in [2.75, 3.05) is 6.54 Å². The third-order valence-corrected chi connectivity index (χ3v) is 3.15. The number of hydrogen-bond acceptors (Lipinski definition) is 2. The molecule has 1 aromatic rings. The average Bonchev–Trinajstić information content (AvgIpc) is 2.44. The van der Waals surface area contributed by atoms with Crippen LogP contribution in [0.3, 0.4) is 0 Å². The lowest BCUT2D eigenvalue weighted by Crippen LogP contribution is -2.38. The van der Waals surface area contributed by atoms with Gasteiger partial charge in [-0.05, 0) is 25.8 Å². The Morgan fingerprint density at radius 2 is 1.86 bits per heavy atom. The lowest BCUT2D eigenvalue weighted by Gasteiger charge is -2.26. The Morgan fingerprint density at radius 1 is 1.19 bits per heavy atom. The van der Waals surface area contributed by atoms with Gasteiger partial charge in [0.05, 0.1) is 6.42 Å². The number of carboxylic acid groups (broad SMARTS) is 1. The predicted octanol–water partition coefficient (Wildman–Crippen LogP) is 3.19. The number of nitrogens with zero attached hydrogens (tertiary/aromatic N) is 1. The summed E-state index contributed by atoms with van der Waals surface area (Å²) in [6.45, 7) is 4.08. The van der Waals surface area contributed by atoms with E-state index in [1.165, 1.54) is 0 Å². The van der Waals surface area contributed by atoms with Crippen molar-refractivity contribution in [3.63, 3.8) is 0 Å². The molecule has 0 atom stereocenters. The van der Waals surface area contributed by atoms with Gasteiger partial charge in [-0.1, -0.05) is 42.5 Å². The Morgan fingerprint density at radius 3 is 2.43 bits per heavy atom. The van der Waals surface area contributed by atoms with Crippen molar-refractivity contribution < 1.29 is 14.7 Å². The van der Waals surface area contributed by atoms with E-state index in [0.717, 1.165) is 5.56 Å². The molecule has 0 fully saturated rings. The molecule has 1 amide bonds. The summed E-state index contributed by atoms with van der Waals surface area (Å²) in [6.07, 6.45) is 5.02. The van der Waals surface area contributed by atoms with Crippen LogP contribution in [0.4, 0.5) is 0 Å². The Hall–Kier alpha value is -2.10. The smallest absolute Gasteiger partial charge is 0.305 e. The van der Waals surface area contributed by atoms with E-state index in [1.54, 1.807) is 4.90 Å². The third kappa shape index (κ3) is 6.75. The van der Waals surface area contributed by atoms with Crippen LogP contribution in [0.5, 0.6) is 0 Å². The number of aliphatic carboxylic acids is 1. The van der Waals surface area contributed by atoms with Crippen LogP contribution in [-0.2, 0) is 9.59 Å². The average molecular weight is 289 g/mol. The molecule has 0 saturated heterocycles. The van der Waals surface area contributed by atoms with Crippen LogP contribution in [0.2, 0.25) is 0 Å². The fourth-order valence-corrected chi connectivity index (χ4v) is 2.02. The van der Waals surface area contributed by atoms with Gasteiger partial charge in [0.15, 0.2) is 0 Å². The molecule has 0 aliphatic heterocycles. The van der Waals surface area contributed by atoms with E-state index in [-0.39, 0.29) is 24.9 Å². The second kappa shape index (κ2) is 8.95. The van der Waals surface area contributed by atoms with Crippen LogP contribution < -0.4 is 0 Å². The van der Waals surface area contributed by atoms with Crippen LogP contribution in [0.1, 0.15) is 38.7 Å². The molecule has 0 spiro atoms. The fourth-order valence-electron chi connectivity index (χ4n) is 2.02. The van der Waals surface area contributed by atoms with Crippen molar-refractivity contribution in [2.24, 2.45) is 0 Å². The number of carbonyl (C=O) groups is 2. The van der Waals surface area contributed by atoms with Crippen molar-refractivity contribution in [2.45, 2.75) is 39.2 Å². The van der Waals surface area contributed by atoms with Gasteiger partial charge in [-0.2, -0.15) is 0 Å². The molecule has 0 saturated carbocycles. The minimum absolute atomic E-state index is 0.00367. The van der Waals surface area contributed by atoms with Gasteiger partial charge in [0, 0.05) is 19.0 Å². The topological polar surface area (TPSA) is 57.6 Å². The molecule has 0 aliphatic rings. The van der Waals surface area contributed by atoms with E-state index in [4.69, 9.17) is 5.11 Å². The standard InChI is InChI=1S/C17H23NO3/c1-14(2)18(13-12-17(20)21)16(19)11-7-6-10-15-8-4-3-5-9-15/h3-6,8-10,14H,7,11-13H2,1-2H3,(H,20,21)/b10-6+. The molecule has 114 valence electrons. The highest BCUT2D eigenvalue weighted by Crippen LogP contribution is 2.07. The Labute approximate surface area is 126 Å². The number of allylic oxidation sites excluding steroid dienone is 1. The molecule has 0 radical (unpaired) electrons. The second-order valence-corrected chi connectivity index (χ2v) is 5.18. The Bertz CT molecular complexity index is 480. The van der Waals surface area contributed by atoms with Gasteiger partial charge in [0.1, 0.15) is 0 Å². The van der Waals surface area contributed by atoms with Crippen LogP contribution in [0.15, 0.2) is 36.4 Å². The number of carboxylic acids is 1. The first kappa shape index (κ1) is 17.0. The molecule has 1 aromatic carbocycles. The molecule has 4 nitrogen and oxygen atoms in total. The number of amides is 1. The number of carbonyl (C=O) groups excluding carboxylic acids is 1. The summed E-state index contributed by atoms with van der Waals surface area (Å²) in [7, 11) is 0. The molecule has 0 bridgehead atoms. The molecule has 0 heterocycles. The van der Waals surface area contributed by atoms with E-state index in [0.29, 0.717) is 12.8 Å². The van der Waals surface area contributed by atoms with Gasteiger partial charge in [0.25, 0.3) is 0 Å². The van der Waals surface area contributed by atoms with Crippen LogP contribution >= 0.6 is 0 Å². The Balaban J connectivity index is 2.43. The molecule has 0 aromatic heterocycles. The Kier molecular flexibility index (Phi) is 7.23. The minimum Gasteiger partial charge on any atom is -0.481 e.